The maximum Gasteiger partial charge on any atom is 0.219 e. The molecular formula is C19H13N3OS2. The van der Waals surface area contributed by atoms with Gasteiger partial charge in [0.1, 0.15) is 5.69 Å². The molecule has 0 fully saturated rings. The van der Waals surface area contributed by atoms with Crippen LogP contribution >= 0.6 is 22.7 Å². The van der Waals surface area contributed by atoms with E-state index in [4.69, 9.17) is 0 Å². The normalized spacial score (nSPS) is 11.6. The van der Waals surface area contributed by atoms with Crippen LogP contribution in [0.4, 0.5) is 0 Å². The van der Waals surface area contributed by atoms with Gasteiger partial charge in [0, 0.05) is 14.6 Å². The second-order valence-electron chi connectivity index (χ2n) is 5.82. The van der Waals surface area contributed by atoms with Crippen LogP contribution in [-0.4, -0.2) is 19.5 Å². The summed E-state index contributed by atoms with van der Waals surface area (Å²) < 4.78 is 1.74. The second kappa shape index (κ2) is 5.40. The van der Waals surface area contributed by atoms with E-state index in [0.717, 1.165) is 16.6 Å². The van der Waals surface area contributed by atoms with Gasteiger partial charge in [-0.25, -0.2) is 4.98 Å². The molecule has 5 aromatic rings. The van der Waals surface area contributed by atoms with Gasteiger partial charge >= 0.3 is 0 Å². The quantitative estimate of drug-likeness (QED) is 0.460. The minimum absolute atomic E-state index is 0.172. The largest absolute Gasteiger partial charge is 0.493 e. The molecule has 4 nitrogen and oxygen atoms in total. The van der Waals surface area contributed by atoms with Crippen molar-refractivity contribution >= 4 is 39.4 Å². The minimum atomic E-state index is 0.172. The molecule has 0 amide bonds. The van der Waals surface area contributed by atoms with Gasteiger partial charge in [-0.2, -0.15) is 0 Å². The Labute approximate surface area is 151 Å². The third kappa shape index (κ3) is 2.26. The number of aryl methyl sites for hydroxylation is 1. The summed E-state index contributed by atoms with van der Waals surface area (Å²) in [6, 6.07) is 14.7. The lowest BCUT2D eigenvalue weighted by Gasteiger charge is -2.04. The van der Waals surface area contributed by atoms with E-state index in [1.807, 2.05) is 6.07 Å². The van der Waals surface area contributed by atoms with Gasteiger partial charge in [-0.05, 0) is 48.2 Å². The lowest BCUT2D eigenvalue weighted by molar-refractivity contribution is 0.446. The number of rotatable bonds is 2. The van der Waals surface area contributed by atoms with Crippen molar-refractivity contribution in [3.8, 4) is 26.1 Å². The Morgan fingerprint density at radius 2 is 1.92 bits per heavy atom. The number of hydrogen-bond acceptors (Lipinski definition) is 5. The SMILES string of the molecule is Cc1nc2cnc3cc(-c4ccc(-c5cccs5)s4)ccc3n2c1O. The van der Waals surface area contributed by atoms with Gasteiger partial charge in [0.05, 0.1) is 17.2 Å². The molecule has 0 aliphatic heterocycles. The van der Waals surface area contributed by atoms with Gasteiger partial charge in [0.25, 0.3) is 0 Å². The molecule has 5 rings (SSSR count). The number of benzene rings is 1. The third-order valence-corrected chi connectivity index (χ3v) is 6.44. The summed E-state index contributed by atoms with van der Waals surface area (Å²) in [6.07, 6.45) is 1.70. The molecule has 4 aromatic heterocycles. The van der Waals surface area contributed by atoms with Crippen LogP contribution in [0.5, 0.6) is 5.88 Å². The third-order valence-electron chi connectivity index (χ3n) is 4.24. The summed E-state index contributed by atoms with van der Waals surface area (Å²) in [4.78, 5) is 12.6. The Morgan fingerprint density at radius 3 is 2.76 bits per heavy atom. The highest BCUT2D eigenvalue weighted by Crippen LogP contribution is 2.37. The molecule has 0 radical (unpaired) electrons. The molecule has 1 aromatic carbocycles. The highest BCUT2D eigenvalue weighted by atomic mass is 32.1. The highest BCUT2D eigenvalue weighted by molar-refractivity contribution is 7.23. The average molecular weight is 363 g/mol. The Kier molecular flexibility index (Phi) is 3.16. The maximum absolute atomic E-state index is 10.3. The molecule has 0 atom stereocenters. The molecule has 25 heavy (non-hydrogen) atoms. The van der Waals surface area contributed by atoms with Crippen LogP contribution in [0, 0.1) is 6.92 Å². The van der Waals surface area contributed by atoms with E-state index >= 15 is 0 Å². The van der Waals surface area contributed by atoms with Crippen LogP contribution in [-0.2, 0) is 0 Å². The number of aromatic nitrogens is 3. The van der Waals surface area contributed by atoms with E-state index in [-0.39, 0.29) is 5.88 Å². The number of aromatic hydroxyl groups is 1. The number of fused-ring (bicyclic) bond motifs is 3. The van der Waals surface area contributed by atoms with Crippen LogP contribution in [0.1, 0.15) is 5.69 Å². The molecule has 0 spiro atoms. The molecule has 1 N–H and O–H groups in total. The van der Waals surface area contributed by atoms with E-state index < -0.39 is 0 Å². The Bertz CT molecular complexity index is 1220. The zero-order valence-corrected chi connectivity index (χ0v) is 14.9. The molecule has 0 aliphatic rings. The van der Waals surface area contributed by atoms with Crippen LogP contribution in [0.15, 0.2) is 54.0 Å². The summed E-state index contributed by atoms with van der Waals surface area (Å²) in [6.45, 7) is 1.79. The van der Waals surface area contributed by atoms with Crippen LogP contribution < -0.4 is 0 Å². The van der Waals surface area contributed by atoms with E-state index in [1.54, 1.807) is 40.2 Å². The second-order valence-corrected chi connectivity index (χ2v) is 7.85. The zero-order valence-electron chi connectivity index (χ0n) is 13.3. The Hall–Kier alpha value is -2.70. The molecule has 6 heteroatoms. The van der Waals surface area contributed by atoms with E-state index in [0.29, 0.717) is 11.3 Å². The highest BCUT2D eigenvalue weighted by Gasteiger charge is 2.12. The van der Waals surface area contributed by atoms with Gasteiger partial charge in [-0.1, -0.05) is 12.1 Å². The van der Waals surface area contributed by atoms with Crippen LogP contribution in [0.3, 0.4) is 0 Å². The van der Waals surface area contributed by atoms with Crippen molar-refractivity contribution in [1.82, 2.24) is 14.4 Å². The maximum atomic E-state index is 10.3. The predicted octanol–water partition coefficient (Wildman–Crippen LogP) is 5.35. The summed E-state index contributed by atoms with van der Waals surface area (Å²) in [5.41, 5.74) is 4.09. The van der Waals surface area contributed by atoms with E-state index in [9.17, 15) is 5.11 Å². The summed E-state index contributed by atoms with van der Waals surface area (Å²) in [5.74, 6) is 0.172. The van der Waals surface area contributed by atoms with Crippen molar-refractivity contribution in [2.24, 2.45) is 0 Å². The Balaban J connectivity index is 1.66. The van der Waals surface area contributed by atoms with Crippen LogP contribution in [0.2, 0.25) is 0 Å². The fourth-order valence-electron chi connectivity index (χ4n) is 3.01. The van der Waals surface area contributed by atoms with Crippen molar-refractivity contribution in [2.45, 2.75) is 6.92 Å². The molecule has 0 bridgehead atoms. The van der Waals surface area contributed by atoms with E-state index in [2.05, 4.69) is 51.7 Å². The Morgan fingerprint density at radius 1 is 1.04 bits per heavy atom. The molecule has 4 heterocycles. The smallest absolute Gasteiger partial charge is 0.219 e. The lowest BCUT2D eigenvalue weighted by Crippen LogP contribution is -1.91. The monoisotopic (exact) mass is 363 g/mol. The van der Waals surface area contributed by atoms with E-state index in [1.165, 1.54) is 14.6 Å². The zero-order chi connectivity index (χ0) is 17.0. The van der Waals surface area contributed by atoms with Crippen molar-refractivity contribution in [3.63, 3.8) is 0 Å². The number of hydrogen-bond donors (Lipinski definition) is 1. The average Bonchev–Trinajstić information content (AvgIpc) is 3.35. The van der Waals surface area contributed by atoms with Crippen molar-refractivity contribution < 1.29 is 5.11 Å². The van der Waals surface area contributed by atoms with Gasteiger partial charge in [-0.3, -0.25) is 9.38 Å². The minimum Gasteiger partial charge on any atom is -0.493 e. The first-order valence-electron chi connectivity index (χ1n) is 7.81. The standard InChI is InChI=1S/C19H13N3OS2/c1-11-19(23)22-14-5-4-12(9-13(14)20-10-18(22)21-11)15-6-7-17(25-15)16-3-2-8-24-16/h2-10,23H,1H3. The first-order chi connectivity index (χ1) is 12.2. The van der Waals surface area contributed by atoms with Gasteiger partial charge in [0.2, 0.25) is 5.88 Å². The number of imidazole rings is 1. The number of thiophene rings is 2. The molecule has 122 valence electrons. The fraction of sp³-hybridized carbons (Fsp3) is 0.0526. The summed E-state index contributed by atoms with van der Waals surface area (Å²) in [5, 5.41) is 12.4. The van der Waals surface area contributed by atoms with Gasteiger partial charge in [-0.15, -0.1) is 22.7 Å². The molecule has 0 unspecified atom stereocenters. The summed E-state index contributed by atoms with van der Waals surface area (Å²) in [7, 11) is 0. The predicted molar refractivity (Wildman–Crippen MR) is 104 cm³/mol. The molecule has 0 saturated carbocycles. The van der Waals surface area contributed by atoms with Crippen molar-refractivity contribution in [2.75, 3.05) is 0 Å². The van der Waals surface area contributed by atoms with Crippen molar-refractivity contribution in [3.05, 3.63) is 59.7 Å². The van der Waals surface area contributed by atoms with Gasteiger partial charge < -0.3 is 5.11 Å². The van der Waals surface area contributed by atoms with Crippen molar-refractivity contribution in [1.29, 1.82) is 0 Å². The van der Waals surface area contributed by atoms with Crippen LogP contribution in [0.25, 0.3) is 36.9 Å². The molecule has 0 aliphatic carbocycles. The topological polar surface area (TPSA) is 50.4 Å². The first-order valence-corrected chi connectivity index (χ1v) is 9.51. The first kappa shape index (κ1) is 14.6. The fourth-order valence-corrected chi connectivity index (χ4v) is 4.84. The number of nitrogens with zero attached hydrogens (tertiary/aromatic N) is 3. The summed E-state index contributed by atoms with van der Waals surface area (Å²) >= 11 is 3.53. The lowest BCUT2D eigenvalue weighted by atomic mass is 10.1. The molecule has 0 saturated heterocycles. The molecular weight excluding hydrogens is 350 g/mol. The van der Waals surface area contributed by atoms with Gasteiger partial charge in [0.15, 0.2) is 5.65 Å².